The number of nitrogens with zero attached hydrogens (tertiary/aromatic N) is 1. The Balaban J connectivity index is 2.38. The van der Waals surface area contributed by atoms with Crippen molar-refractivity contribution in [3.63, 3.8) is 0 Å². The molecule has 1 aromatic carbocycles. The molecule has 2 aromatic rings. The molecule has 1 aromatic heterocycles. The van der Waals surface area contributed by atoms with Crippen molar-refractivity contribution in [1.82, 2.24) is 10.5 Å². The fourth-order valence-corrected chi connectivity index (χ4v) is 1.65. The number of carbonyl (C=O) groups is 2. The van der Waals surface area contributed by atoms with Crippen molar-refractivity contribution < 1.29 is 19.5 Å². The van der Waals surface area contributed by atoms with Crippen LogP contribution in [0.3, 0.4) is 0 Å². The van der Waals surface area contributed by atoms with Gasteiger partial charge in [-0.25, -0.2) is 4.98 Å². The molecule has 0 spiro atoms. The number of carbonyl (C=O) groups excluding carboxylic acids is 2. The number of halogens is 1. The minimum Gasteiger partial charge on any atom is -0.505 e. The normalized spacial score (nSPS) is 10.2. The maximum absolute atomic E-state index is 11.6. The Hall–Kier alpha value is -2.34. The van der Waals surface area contributed by atoms with Gasteiger partial charge in [-0.1, -0.05) is 11.6 Å². The number of hydrogen-bond donors (Lipinski definition) is 2. The van der Waals surface area contributed by atoms with Gasteiger partial charge in [-0.15, -0.1) is 0 Å². The number of rotatable bonds is 1. The summed E-state index contributed by atoms with van der Waals surface area (Å²) in [5.74, 6) is -1.83. The van der Waals surface area contributed by atoms with Gasteiger partial charge in [0.05, 0.1) is 5.52 Å². The number of aromatic hydroxyl groups is 1. The van der Waals surface area contributed by atoms with Crippen molar-refractivity contribution in [3.8, 4) is 5.75 Å². The number of nitrogens with one attached hydrogen (secondary N) is 1. The van der Waals surface area contributed by atoms with Crippen molar-refractivity contribution >= 4 is 34.4 Å². The second-order valence-corrected chi connectivity index (χ2v) is 4.15. The van der Waals surface area contributed by atoms with E-state index in [9.17, 15) is 14.7 Å². The molecule has 7 heteroatoms. The number of pyridine rings is 1. The molecule has 0 atom stereocenters. The lowest BCUT2D eigenvalue weighted by Crippen LogP contribution is -2.26. The Kier molecular flexibility index (Phi) is 3.52. The van der Waals surface area contributed by atoms with Crippen LogP contribution in [0.1, 0.15) is 17.4 Å². The van der Waals surface area contributed by atoms with E-state index in [-0.39, 0.29) is 11.4 Å². The van der Waals surface area contributed by atoms with Gasteiger partial charge >= 0.3 is 11.9 Å². The molecule has 0 saturated carbocycles. The molecule has 6 nitrogen and oxygen atoms in total. The lowest BCUT2D eigenvalue weighted by Gasteiger charge is -2.06. The van der Waals surface area contributed by atoms with E-state index >= 15 is 0 Å². The summed E-state index contributed by atoms with van der Waals surface area (Å²) in [6.45, 7) is 1.13. The molecule has 19 heavy (non-hydrogen) atoms. The highest BCUT2D eigenvalue weighted by Crippen LogP contribution is 2.24. The minimum absolute atomic E-state index is 0.240. The highest BCUT2D eigenvalue weighted by molar-refractivity contribution is 6.31. The molecule has 0 aliphatic carbocycles. The van der Waals surface area contributed by atoms with Crippen molar-refractivity contribution in [1.29, 1.82) is 0 Å². The van der Waals surface area contributed by atoms with Gasteiger partial charge in [0.2, 0.25) is 0 Å². The molecule has 2 rings (SSSR count). The maximum Gasteiger partial charge on any atom is 0.329 e. The third-order valence-electron chi connectivity index (χ3n) is 2.26. The van der Waals surface area contributed by atoms with Crippen LogP contribution in [-0.4, -0.2) is 22.0 Å². The fraction of sp³-hybridized carbons (Fsp3) is 0.0833. The van der Waals surface area contributed by atoms with E-state index in [2.05, 4.69) is 9.82 Å². The first-order valence-electron chi connectivity index (χ1n) is 5.24. The first-order chi connectivity index (χ1) is 8.97. The topological polar surface area (TPSA) is 88.5 Å². The predicted molar refractivity (Wildman–Crippen MR) is 67.7 cm³/mol. The van der Waals surface area contributed by atoms with Crippen LogP contribution in [-0.2, 0) is 9.63 Å². The van der Waals surface area contributed by atoms with Crippen LogP contribution in [0.5, 0.6) is 5.75 Å². The third kappa shape index (κ3) is 2.92. The Morgan fingerprint density at radius 1 is 1.37 bits per heavy atom. The van der Waals surface area contributed by atoms with Crippen LogP contribution in [0.4, 0.5) is 0 Å². The zero-order valence-corrected chi connectivity index (χ0v) is 10.6. The van der Waals surface area contributed by atoms with E-state index < -0.39 is 11.9 Å². The monoisotopic (exact) mass is 280 g/mol. The predicted octanol–water partition coefficient (Wildman–Crippen LogP) is 1.80. The van der Waals surface area contributed by atoms with Crippen LogP contribution >= 0.6 is 11.6 Å². The average Bonchev–Trinajstić information content (AvgIpc) is 2.35. The maximum atomic E-state index is 11.6. The molecule has 0 saturated heterocycles. The number of benzene rings is 1. The smallest absolute Gasteiger partial charge is 0.329 e. The number of amides is 1. The second-order valence-electron chi connectivity index (χ2n) is 3.72. The van der Waals surface area contributed by atoms with Crippen molar-refractivity contribution in [3.05, 3.63) is 35.0 Å². The van der Waals surface area contributed by atoms with Crippen LogP contribution in [0.2, 0.25) is 5.02 Å². The molecule has 1 amide bonds. The molecular formula is C12H9ClN2O4. The van der Waals surface area contributed by atoms with Crippen LogP contribution in [0, 0.1) is 0 Å². The molecule has 0 radical (unpaired) electrons. The molecule has 98 valence electrons. The summed E-state index contributed by atoms with van der Waals surface area (Å²) in [6.07, 6.45) is 0. The molecule has 0 aliphatic rings. The van der Waals surface area contributed by atoms with E-state index in [0.717, 1.165) is 6.92 Å². The largest absolute Gasteiger partial charge is 0.505 e. The van der Waals surface area contributed by atoms with Gasteiger partial charge in [-0.05, 0) is 24.3 Å². The van der Waals surface area contributed by atoms with Gasteiger partial charge in [0.25, 0.3) is 0 Å². The Morgan fingerprint density at radius 3 is 2.79 bits per heavy atom. The van der Waals surface area contributed by atoms with E-state index in [1.165, 1.54) is 6.07 Å². The van der Waals surface area contributed by atoms with Crippen LogP contribution in [0.15, 0.2) is 24.3 Å². The van der Waals surface area contributed by atoms with Gasteiger partial charge < -0.3 is 9.94 Å². The van der Waals surface area contributed by atoms with E-state index in [1.807, 2.05) is 5.48 Å². The molecule has 0 fully saturated rings. The van der Waals surface area contributed by atoms with E-state index in [0.29, 0.717) is 15.9 Å². The molecule has 0 bridgehead atoms. The first-order valence-corrected chi connectivity index (χ1v) is 5.62. The number of aromatic nitrogens is 1. The summed E-state index contributed by atoms with van der Waals surface area (Å²) in [5, 5.41) is 10.8. The molecule has 2 N–H and O–H groups in total. The summed E-state index contributed by atoms with van der Waals surface area (Å²) in [4.78, 5) is 30.5. The first kappa shape index (κ1) is 13.1. The summed E-state index contributed by atoms with van der Waals surface area (Å²) < 4.78 is 0. The Morgan fingerprint density at radius 2 is 2.11 bits per heavy atom. The van der Waals surface area contributed by atoms with Gasteiger partial charge in [0, 0.05) is 17.3 Å². The van der Waals surface area contributed by atoms with Crippen LogP contribution < -0.4 is 5.48 Å². The molecular weight excluding hydrogens is 272 g/mol. The quantitative estimate of drug-likeness (QED) is 0.778. The van der Waals surface area contributed by atoms with Crippen molar-refractivity contribution in [2.75, 3.05) is 0 Å². The average molecular weight is 281 g/mol. The van der Waals surface area contributed by atoms with Gasteiger partial charge in [0.15, 0.2) is 5.69 Å². The third-order valence-corrected chi connectivity index (χ3v) is 2.49. The zero-order chi connectivity index (χ0) is 14.0. The molecule has 0 unspecified atom stereocenters. The summed E-state index contributed by atoms with van der Waals surface area (Å²) in [7, 11) is 0. The highest BCUT2D eigenvalue weighted by atomic mass is 35.5. The van der Waals surface area contributed by atoms with Gasteiger partial charge in [-0.3, -0.25) is 9.59 Å². The summed E-state index contributed by atoms with van der Waals surface area (Å²) in [5.41, 5.74) is 2.12. The Bertz CT molecular complexity index is 672. The second kappa shape index (κ2) is 5.11. The van der Waals surface area contributed by atoms with Crippen molar-refractivity contribution in [2.45, 2.75) is 6.92 Å². The molecule has 1 heterocycles. The van der Waals surface area contributed by atoms with Crippen molar-refractivity contribution in [2.24, 2.45) is 0 Å². The number of fused-ring (bicyclic) bond motifs is 1. The number of hydroxylamine groups is 1. The highest BCUT2D eigenvalue weighted by Gasteiger charge is 2.15. The Labute approximate surface area is 112 Å². The lowest BCUT2D eigenvalue weighted by molar-refractivity contribution is -0.146. The zero-order valence-electron chi connectivity index (χ0n) is 9.81. The number of hydrogen-bond acceptors (Lipinski definition) is 5. The van der Waals surface area contributed by atoms with Gasteiger partial charge in [0.1, 0.15) is 5.75 Å². The molecule has 0 aliphatic heterocycles. The standard InChI is InChI=1S/C12H9ClN2O4/c1-6(16)19-15-12(18)11-10(17)5-7-4-8(13)2-3-9(7)14-11/h2-5,17H,1H3,(H,15,18). The van der Waals surface area contributed by atoms with Gasteiger partial charge in [-0.2, -0.15) is 5.48 Å². The summed E-state index contributed by atoms with van der Waals surface area (Å²) >= 11 is 5.81. The van der Waals surface area contributed by atoms with E-state index in [4.69, 9.17) is 11.6 Å². The SMILES string of the molecule is CC(=O)ONC(=O)c1nc2ccc(Cl)cc2cc1O. The fourth-order valence-electron chi connectivity index (χ4n) is 1.47. The van der Waals surface area contributed by atoms with Crippen LogP contribution in [0.25, 0.3) is 10.9 Å². The minimum atomic E-state index is -0.815. The lowest BCUT2D eigenvalue weighted by atomic mass is 10.2. The van der Waals surface area contributed by atoms with E-state index in [1.54, 1.807) is 18.2 Å². The summed E-state index contributed by atoms with van der Waals surface area (Å²) in [6, 6.07) is 6.19.